The molecule has 19 heavy (non-hydrogen) atoms. The van der Waals surface area contributed by atoms with Crippen molar-refractivity contribution in [1.29, 1.82) is 0 Å². The predicted octanol–water partition coefficient (Wildman–Crippen LogP) is 4.68. The van der Waals surface area contributed by atoms with Crippen molar-refractivity contribution in [3.63, 3.8) is 0 Å². The van der Waals surface area contributed by atoms with Crippen molar-refractivity contribution in [1.82, 2.24) is 5.32 Å². The Morgan fingerprint density at radius 3 is 2.84 bits per heavy atom. The minimum absolute atomic E-state index is 0.170. The topological polar surface area (TPSA) is 25.2 Å². The monoisotopic (exact) mass is 339 g/mol. The van der Waals surface area contributed by atoms with Gasteiger partial charge in [0.2, 0.25) is 0 Å². The summed E-state index contributed by atoms with van der Waals surface area (Å²) in [6.45, 7) is 0. The zero-order valence-electron chi connectivity index (χ0n) is 11.0. The van der Waals surface area contributed by atoms with Crippen molar-refractivity contribution in [3.05, 3.63) is 43.9 Å². The van der Waals surface area contributed by atoms with Gasteiger partial charge in [0, 0.05) is 9.75 Å². The number of thiophene rings is 1. The maximum Gasteiger partial charge on any atom is 0.169 e. The van der Waals surface area contributed by atoms with Crippen molar-refractivity contribution in [3.8, 4) is 0 Å². The molecule has 2 heterocycles. The van der Waals surface area contributed by atoms with E-state index in [4.69, 9.17) is 4.42 Å². The van der Waals surface area contributed by atoms with Crippen LogP contribution in [0.4, 0.5) is 0 Å². The highest BCUT2D eigenvalue weighted by Gasteiger charge is 2.21. The van der Waals surface area contributed by atoms with Crippen molar-refractivity contribution < 1.29 is 4.42 Å². The molecule has 2 aromatic heterocycles. The van der Waals surface area contributed by atoms with Gasteiger partial charge in [-0.15, -0.1) is 11.3 Å². The van der Waals surface area contributed by atoms with Crippen LogP contribution >= 0.6 is 27.3 Å². The van der Waals surface area contributed by atoms with Gasteiger partial charge in [0.1, 0.15) is 11.8 Å². The molecular weight excluding hydrogens is 322 g/mol. The van der Waals surface area contributed by atoms with E-state index >= 15 is 0 Å². The van der Waals surface area contributed by atoms with Gasteiger partial charge in [-0.2, -0.15) is 0 Å². The fourth-order valence-corrected chi connectivity index (χ4v) is 4.44. The molecule has 102 valence electrons. The maximum absolute atomic E-state index is 5.71. The van der Waals surface area contributed by atoms with Crippen LogP contribution in [0.5, 0.6) is 0 Å². The highest BCUT2D eigenvalue weighted by molar-refractivity contribution is 9.10. The van der Waals surface area contributed by atoms with Crippen LogP contribution in [-0.2, 0) is 12.8 Å². The number of nitrogens with one attached hydrogen (secondary N) is 1. The molecule has 1 aliphatic carbocycles. The van der Waals surface area contributed by atoms with E-state index in [9.17, 15) is 0 Å². The molecule has 1 atom stereocenters. The van der Waals surface area contributed by atoms with Gasteiger partial charge in [0.05, 0.1) is 0 Å². The first-order valence-corrected chi connectivity index (χ1v) is 8.43. The highest BCUT2D eigenvalue weighted by Crippen LogP contribution is 2.35. The second-order valence-corrected chi connectivity index (χ2v) is 6.97. The minimum Gasteiger partial charge on any atom is -0.452 e. The van der Waals surface area contributed by atoms with Gasteiger partial charge in [-0.25, -0.2) is 0 Å². The third-order valence-electron chi connectivity index (χ3n) is 3.72. The van der Waals surface area contributed by atoms with Gasteiger partial charge in [-0.3, -0.25) is 0 Å². The second-order valence-electron chi connectivity index (χ2n) is 5.02. The molecule has 0 bridgehead atoms. The smallest absolute Gasteiger partial charge is 0.169 e. The molecule has 1 aliphatic rings. The predicted molar refractivity (Wildman–Crippen MR) is 82.9 cm³/mol. The molecule has 2 aromatic rings. The Morgan fingerprint density at radius 1 is 1.26 bits per heavy atom. The molecule has 3 rings (SSSR count). The molecule has 4 heteroatoms. The number of hydrogen-bond donors (Lipinski definition) is 1. The summed E-state index contributed by atoms with van der Waals surface area (Å²) in [6.07, 6.45) is 6.53. The molecule has 0 aromatic carbocycles. The lowest BCUT2D eigenvalue weighted by molar-refractivity contribution is 0.449. The highest BCUT2D eigenvalue weighted by atomic mass is 79.9. The Kier molecular flexibility index (Phi) is 4.10. The number of halogens is 1. The zero-order chi connectivity index (χ0) is 13.2. The lowest BCUT2D eigenvalue weighted by Crippen LogP contribution is -2.15. The van der Waals surface area contributed by atoms with Crippen molar-refractivity contribution >= 4 is 27.3 Å². The average Bonchev–Trinajstić information content (AvgIpc) is 2.93. The lowest BCUT2D eigenvalue weighted by atomic mass is 10.1. The van der Waals surface area contributed by atoms with Crippen molar-refractivity contribution in [2.75, 3.05) is 7.05 Å². The second kappa shape index (κ2) is 5.81. The molecule has 0 amide bonds. The maximum atomic E-state index is 5.71. The SMILES string of the molecule is CNC(c1ccc(Br)o1)c1cc2c(s1)CCCCC2. The Hall–Kier alpha value is -0.580. The molecule has 0 spiro atoms. The molecule has 1 N–H and O–H groups in total. The number of furan rings is 1. The molecule has 0 saturated carbocycles. The standard InChI is InChI=1S/C15H18BrNOS/c1-17-15(11-7-8-14(16)18-11)13-9-10-5-3-2-4-6-12(10)19-13/h7-9,15,17H,2-6H2,1H3. The number of hydrogen-bond acceptors (Lipinski definition) is 3. The number of fused-ring (bicyclic) bond motifs is 1. The average molecular weight is 340 g/mol. The summed E-state index contributed by atoms with van der Waals surface area (Å²) >= 11 is 5.33. The van der Waals surface area contributed by atoms with E-state index < -0.39 is 0 Å². The quantitative estimate of drug-likeness (QED) is 0.821. The zero-order valence-corrected chi connectivity index (χ0v) is 13.4. The summed E-state index contributed by atoms with van der Waals surface area (Å²) in [5.41, 5.74) is 1.56. The van der Waals surface area contributed by atoms with Gasteiger partial charge in [-0.05, 0) is 72.4 Å². The summed E-state index contributed by atoms with van der Waals surface area (Å²) in [5, 5.41) is 3.37. The van der Waals surface area contributed by atoms with E-state index in [2.05, 4.69) is 27.3 Å². The molecular formula is C15H18BrNOS. The molecule has 0 aliphatic heterocycles. The summed E-state index contributed by atoms with van der Waals surface area (Å²) < 4.78 is 6.50. The Morgan fingerprint density at radius 2 is 2.11 bits per heavy atom. The molecule has 2 nitrogen and oxygen atoms in total. The fraction of sp³-hybridized carbons (Fsp3) is 0.467. The van der Waals surface area contributed by atoms with Crippen LogP contribution in [0.25, 0.3) is 0 Å². The Balaban J connectivity index is 1.91. The van der Waals surface area contributed by atoms with Crippen LogP contribution in [0.3, 0.4) is 0 Å². The molecule has 1 unspecified atom stereocenters. The van der Waals surface area contributed by atoms with Crippen LogP contribution in [0.1, 0.15) is 46.4 Å². The number of aryl methyl sites for hydroxylation is 2. The normalized spacial score (nSPS) is 16.9. The molecule has 0 saturated heterocycles. The van der Waals surface area contributed by atoms with E-state index in [0.29, 0.717) is 0 Å². The van der Waals surface area contributed by atoms with E-state index in [1.807, 2.05) is 30.5 Å². The number of rotatable bonds is 3. The van der Waals surface area contributed by atoms with Gasteiger partial charge >= 0.3 is 0 Å². The summed E-state index contributed by atoms with van der Waals surface area (Å²) in [7, 11) is 1.99. The summed E-state index contributed by atoms with van der Waals surface area (Å²) in [5.74, 6) is 0.978. The van der Waals surface area contributed by atoms with Crippen LogP contribution in [0.15, 0.2) is 27.3 Å². The fourth-order valence-electron chi connectivity index (χ4n) is 2.74. The summed E-state index contributed by atoms with van der Waals surface area (Å²) in [4.78, 5) is 2.95. The van der Waals surface area contributed by atoms with E-state index in [0.717, 1.165) is 10.4 Å². The van der Waals surface area contributed by atoms with Gasteiger partial charge in [-0.1, -0.05) is 6.42 Å². The Bertz CT molecular complexity index is 537. The Labute approximate surface area is 126 Å². The van der Waals surface area contributed by atoms with E-state index in [1.54, 1.807) is 10.4 Å². The first-order valence-electron chi connectivity index (χ1n) is 6.82. The van der Waals surface area contributed by atoms with Crippen molar-refractivity contribution in [2.24, 2.45) is 0 Å². The lowest BCUT2D eigenvalue weighted by Gasteiger charge is -2.11. The van der Waals surface area contributed by atoms with Gasteiger partial charge in [0.15, 0.2) is 4.67 Å². The minimum atomic E-state index is 0.170. The van der Waals surface area contributed by atoms with Gasteiger partial charge < -0.3 is 9.73 Å². The molecule has 0 radical (unpaired) electrons. The first-order chi connectivity index (χ1) is 9.28. The largest absolute Gasteiger partial charge is 0.452 e. The van der Waals surface area contributed by atoms with Crippen LogP contribution in [-0.4, -0.2) is 7.05 Å². The van der Waals surface area contributed by atoms with E-state index in [1.165, 1.54) is 37.0 Å². The van der Waals surface area contributed by atoms with Crippen LogP contribution < -0.4 is 5.32 Å². The van der Waals surface area contributed by atoms with Gasteiger partial charge in [0.25, 0.3) is 0 Å². The third-order valence-corrected chi connectivity index (χ3v) is 5.45. The summed E-state index contributed by atoms with van der Waals surface area (Å²) in [6, 6.07) is 6.54. The van der Waals surface area contributed by atoms with Crippen LogP contribution in [0.2, 0.25) is 0 Å². The van der Waals surface area contributed by atoms with Crippen LogP contribution in [0, 0.1) is 0 Å². The van der Waals surface area contributed by atoms with E-state index in [-0.39, 0.29) is 6.04 Å². The van der Waals surface area contributed by atoms with Crippen molar-refractivity contribution in [2.45, 2.75) is 38.1 Å². The first kappa shape index (κ1) is 13.4. The molecule has 0 fully saturated rings. The third kappa shape index (κ3) is 2.81.